The molecule has 0 aliphatic carbocycles. The summed E-state index contributed by atoms with van der Waals surface area (Å²) >= 11 is 6.98. The lowest BCUT2D eigenvalue weighted by molar-refractivity contribution is -0.117. The standard InChI is InChI=1S/C15H18ClN5O2S/c1-15(2,3)19-13(23)17-11(22)8-24-14-18-12(20-21-14)9-4-6-10(16)7-5-9/h4-7H,8H2,1-3H3,(H,18,20,21)(H2,17,19,22,23). The maximum atomic E-state index is 11.8. The lowest BCUT2D eigenvalue weighted by Crippen LogP contribution is -2.48. The van der Waals surface area contributed by atoms with Crippen LogP contribution in [0.25, 0.3) is 11.4 Å². The molecule has 0 atom stereocenters. The summed E-state index contributed by atoms with van der Waals surface area (Å²) in [7, 11) is 0. The van der Waals surface area contributed by atoms with Crippen molar-refractivity contribution >= 4 is 35.3 Å². The van der Waals surface area contributed by atoms with Gasteiger partial charge in [0.25, 0.3) is 0 Å². The predicted octanol–water partition coefficient (Wildman–Crippen LogP) is 2.84. The third-order valence-corrected chi connectivity index (χ3v) is 3.76. The van der Waals surface area contributed by atoms with E-state index in [1.54, 1.807) is 12.1 Å². The fourth-order valence-electron chi connectivity index (χ4n) is 1.71. The average molecular weight is 368 g/mol. The molecule has 0 fully saturated rings. The highest BCUT2D eigenvalue weighted by atomic mass is 35.5. The van der Waals surface area contributed by atoms with Crippen LogP contribution in [-0.4, -0.2) is 38.4 Å². The van der Waals surface area contributed by atoms with E-state index in [2.05, 4.69) is 25.8 Å². The van der Waals surface area contributed by atoms with Gasteiger partial charge >= 0.3 is 6.03 Å². The average Bonchev–Trinajstić information content (AvgIpc) is 2.92. The van der Waals surface area contributed by atoms with Crippen LogP contribution in [0.2, 0.25) is 5.02 Å². The van der Waals surface area contributed by atoms with E-state index in [0.29, 0.717) is 16.0 Å². The summed E-state index contributed by atoms with van der Waals surface area (Å²) in [6.45, 7) is 5.49. The topological polar surface area (TPSA) is 99.8 Å². The highest BCUT2D eigenvalue weighted by Gasteiger charge is 2.16. The number of imide groups is 1. The molecular weight excluding hydrogens is 350 g/mol. The first-order chi connectivity index (χ1) is 11.2. The van der Waals surface area contributed by atoms with Crippen LogP contribution in [0.5, 0.6) is 0 Å². The number of aromatic nitrogens is 3. The van der Waals surface area contributed by atoms with Crippen LogP contribution in [0.3, 0.4) is 0 Å². The van der Waals surface area contributed by atoms with Gasteiger partial charge in [-0.25, -0.2) is 9.78 Å². The molecular formula is C15H18ClN5O2S. The second-order valence-electron chi connectivity index (χ2n) is 6.01. The Bertz CT molecular complexity index is 724. The van der Waals surface area contributed by atoms with Gasteiger partial charge in [-0.2, -0.15) is 0 Å². The van der Waals surface area contributed by atoms with Crippen molar-refractivity contribution in [3.05, 3.63) is 29.3 Å². The number of hydrogen-bond acceptors (Lipinski definition) is 5. The van der Waals surface area contributed by atoms with Gasteiger partial charge in [0, 0.05) is 16.1 Å². The molecule has 0 saturated heterocycles. The van der Waals surface area contributed by atoms with Crippen LogP contribution < -0.4 is 10.6 Å². The van der Waals surface area contributed by atoms with Crippen molar-refractivity contribution < 1.29 is 9.59 Å². The summed E-state index contributed by atoms with van der Waals surface area (Å²) in [5, 5.41) is 12.8. The van der Waals surface area contributed by atoms with Crippen molar-refractivity contribution in [3.8, 4) is 11.4 Å². The third-order valence-electron chi connectivity index (χ3n) is 2.66. The summed E-state index contributed by atoms with van der Waals surface area (Å²) < 4.78 is 0. The van der Waals surface area contributed by atoms with E-state index in [-0.39, 0.29) is 5.75 Å². The fourth-order valence-corrected chi connectivity index (χ4v) is 2.44. The van der Waals surface area contributed by atoms with Gasteiger partial charge in [0.2, 0.25) is 11.1 Å². The number of urea groups is 1. The number of hydrogen-bond donors (Lipinski definition) is 3. The molecule has 2 aromatic rings. The molecule has 1 heterocycles. The predicted molar refractivity (Wildman–Crippen MR) is 94.0 cm³/mol. The van der Waals surface area contributed by atoms with E-state index >= 15 is 0 Å². The zero-order valence-electron chi connectivity index (χ0n) is 13.5. The van der Waals surface area contributed by atoms with Gasteiger partial charge in [0.05, 0.1) is 5.75 Å². The first kappa shape index (κ1) is 18.3. The van der Waals surface area contributed by atoms with Gasteiger partial charge in [0.1, 0.15) is 0 Å². The monoisotopic (exact) mass is 367 g/mol. The Morgan fingerprint density at radius 1 is 1.25 bits per heavy atom. The number of thioether (sulfide) groups is 1. The molecule has 3 amide bonds. The first-order valence-corrected chi connectivity index (χ1v) is 8.52. The molecule has 7 nitrogen and oxygen atoms in total. The van der Waals surface area contributed by atoms with Crippen molar-refractivity contribution in [1.82, 2.24) is 25.8 Å². The largest absolute Gasteiger partial charge is 0.333 e. The summed E-state index contributed by atoms with van der Waals surface area (Å²) in [4.78, 5) is 27.6. The van der Waals surface area contributed by atoms with Gasteiger partial charge in [0.15, 0.2) is 5.82 Å². The van der Waals surface area contributed by atoms with Gasteiger partial charge in [-0.1, -0.05) is 23.4 Å². The molecule has 0 aliphatic rings. The molecule has 2 rings (SSSR count). The van der Waals surface area contributed by atoms with Crippen molar-refractivity contribution in [2.24, 2.45) is 0 Å². The molecule has 0 bridgehead atoms. The van der Waals surface area contributed by atoms with E-state index in [4.69, 9.17) is 11.6 Å². The fraction of sp³-hybridized carbons (Fsp3) is 0.333. The lowest BCUT2D eigenvalue weighted by atomic mass is 10.1. The molecule has 1 aromatic carbocycles. The molecule has 1 aromatic heterocycles. The Kier molecular flexibility index (Phi) is 5.84. The normalized spacial score (nSPS) is 11.2. The van der Waals surface area contributed by atoms with Crippen LogP contribution in [0.15, 0.2) is 29.4 Å². The Labute approximate surface area is 149 Å². The smallest absolute Gasteiger partial charge is 0.321 e. The van der Waals surface area contributed by atoms with E-state index in [9.17, 15) is 9.59 Å². The molecule has 0 unspecified atom stereocenters. The molecule has 3 N–H and O–H groups in total. The van der Waals surface area contributed by atoms with Gasteiger partial charge in [-0.05, 0) is 45.0 Å². The van der Waals surface area contributed by atoms with Crippen LogP contribution in [-0.2, 0) is 4.79 Å². The number of carbonyl (C=O) groups excluding carboxylic acids is 2. The Hall–Kier alpha value is -2.06. The van der Waals surface area contributed by atoms with Crippen LogP contribution in [0.1, 0.15) is 20.8 Å². The Morgan fingerprint density at radius 3 is 2.54 bits per heavy atom. The summed E-state index contributed by atoms with van der Waals surface area (Å²) in [5.41, 5.74) is 0.433. The summed E-state index contributed by atoms with van der Waals surface area (Å²) in [6.07, 6.45) is 0. The quantitative estimate of drug-likeness (QED) is 0.721. The summed E-state index contributed by atoms with van der Waals surface area (Å²) in [6, 6.07) is 6.63. The minimum absolute atomic E-state index is 0.0372. The van der Waals surface area contributed by atoms with Crippen molar-refractivity contribution in [2.45, 2.75) is 31.5 Å². The second kappa shape index (κ2) is 7.67. The number of halogens is 1. The zero-order chi connectivity index (χ0) is 17.7. The van der Waals surface area contributed by atoms with Crippen LogP contribution in [0, 0.1) is 0 Å². The highest BCUT2D eigenvalue weighted by Crippen LogP contribution is 2.20. The first-order valence-electron chi connectivity index (χ1n) is 7.16. The van der Waals surface area contributed by atoms with Gasteiger partial charge in [-0.15, -0.1) is 5.10 Å². The van der Waals surface area contributed by atoms with E-state index in [0.717, 1.165) is 17.3 Å². The molecule has 0 aliphatic heterocycles. The maximum Gasteiger partial charge on any atom is 0.321 e. The number of aromatic amines is 1. The maximum absolute atomic E-state index is 11.8. The Morgan fingerprint density at radius 2 is 1.92 bits per heavy atom. The van der Waals surface area contributed by atoms with E-state index in [1.807, 2.05) is 32.9 Å². The van der Waals surface area contributed by atoms with Crippen LogP contribution >= 0.6 is 23.4 Å². The zero-order valence-corrected chi connectivity index (χ0v) is 15.1. The van der Waals surface area contributed by atoms with Crippen molar-refractivity contribution in [2.75, 3.05) is 5.75 Å². The van der Waals surface area contributed by atoms with Crippen molar-refractivity contribution in [1.29, 1.82) is 0 Å². The van der Waals surface area contributed by atoms with Gasteiger partial charge < -0.3 is 5.32 Å². The SMILES string of the molecule is CC(C)(C)NC(=O)NC(=O)CSc1n[nH]c(-c2ccc(Cl)cc2)n1. The number of rotatable bonds is 4. The summed E-state index contributed by atoms with van der Waals surface area (Å²) in [5.74, 6) is 0.204. The third kappa shape index (κ3) is 5.86. The minimum Gasteiger partial charge on any atom is -0.333 e. The van der Waals surface area contributed by atoms with Crippen LogP contribution in [0.4, 0.5) is 4.79 Å². The Balaban J connectivity index is 1.85. The second-order valence-corrected chi connectivity index (χ2v) is 7.39. The number of H-pyrrole nitrogens is 1. The molecule has 0 saturated carbocycles. The van der Waals surface area contributed by atoms with Crippen molar-refractivity contribution in [3.63, 3.8) is 0 Å². The molecule has 9 heteroatoms. The molecule has 24 heavy (non-hydrogen) atoms. The van der Waals surface area contributed by atoms with E-state index < -0.39 is 17.5 Å². The molecule has 0 spiro atoms. The number of amides is 3. The molecule has 128 valence electrons. The number of nitrogens with zero attached hydrogens (tertiary/aromatic N) is 2. The lowest BCUT2D eigenvalue weighted by Gasteiger charge is -2.20. The van der Waals surface area contributed by atoms with Gasteiger partial charge in [-0.3, -0.25) is 15.2 Å². The number of carbonyl (C=O) groups is 2. The minimum atomic E-state index is -0.523. The molecule has 0 radical (unpaired) electrons. The van der Waals surface area contributed by atoms with E-state index in [1.165, 1.54) is 0 Å². The number of benzene rings is 1. The highest BCUT2D eigenvalue weighted by molar-refractivity contribution is 7.99. The number of nitrogens with one attached hydrogen (secondary N) is 3.